The molecule has 0 saturated carbocycles. The number of anilines is 1. The molecular weight excluding hydrogens is 627 g/mol. The predicted molar refractivity (Wildman–Crippen MR) is 185 cm³/mol. The minimum Gasteiger partial charge on any atom is -0.489 e. The molecule has 6 aromatic rings. The van der Waals surface area contributed by atoms with Gasteiger partial charge in [0.2, 0.25) is 0 Å². The second-order valence-electron chi connectivity index (χ2n) is 11.8. The highest BCUT2D eigenvalue weighted by Crippen LogP contribution is 2.39. The molecule has 0 spiro atoms. The summed E-state index contributed by atoms with van der Waals surface area (Å²) >= 11 is 0. The minimum absolute atomic E-state index is 0.110. The molecule has 1 N–H and O–H groups in total. The SMILES string of the molecule is Cc1cc(-c2ccc(COc3cccc(C(F)(F)F)c3)cc2)c(-c2c(C)nn(C)c2C)cc1NC(=O)c1ccc(Oc2ccccc2)cc1. The molecule has 248 valence electrons. The first-order valence-electron chi connectivity index (χ1n) is 15.6. The van der Waals surface area contributed by atoms with Crippen molar-refractivity contribution < 1.29 is 27.4 Å². The van der Waals surface area contributed by atoms with E-state index in [0.29, 0.717) is 22.7 Å². The van der Waals surface area contributed by atoms with Crippen LogP contribution < -0.4 is 14.8 Å². The van der Waals surface area contributed by atoms with Gasteiger partial charge in [-0.25, -0.2) is 0 Å². The molecule has 0 radical (unpaired) electrons. The molecule has 0 aliphatic heterocycles. The number of hydrogen-bond donors (Lipinski definition) is 1. The quantitative estimate of drug-likeness (QED) is 0.168. The molecule has 0 fully saturated rings. The number of carbonyl (C=O) groups is 1. The topological polar surface area (TPSA) is 65.4 Å². The molecule has 1 aromatic heterocycles. The first-order chi connectivity index (χ1) is 23.5. The van der Waals surface area contributed by atoms with Crippen LogP contribution >= 0.6 is 0 Å². The predicted octanol–water partition coefficient (Wildman–Crippen LogP) is 10.3. The van der Waals surface area contributed by atoms with Gasteiger partial charge in [-0.2, -0.15) is 18.3 Å². The summed E-state index contributed by atoms with van der Waals surface area (Å²) in [6.45, 7) is 6.01. The van der Waals surface area contributed by atoms with Gasteiger partial charge in [0.1, 0.15) is 23.9 Å². The van der Waals surface area contributed by atoms with Crippen LogP contribution in [0.2, 0.25) is 0 Å². The fourth-order valence-corrected chi connectivity index (χ4v) is 5.65. The van der Waals surface area contributed by atoms with E-state index >= 15 is 0 Å². The van der Waals surface area contributed by atoms with Crippen LogP contribution in [0.15, 0.2) is 115 Å². The third kappa shape index (κ3) is 7.51. The maximum absolute atomic E-state index is 13.4. The van der Waals surface area contributed by atoms with E-state index in [1.165, 1.54) is 12.1 Å². The van der Waals surface area contributed by atoms with E-state index in [2.05, 4.69) is 10.4 Å². The van der Waals surface area contributed by atoms with Crippen LogP contribution in [0, 0.1) is 20.8 Å². The van der Waals surface area contributed by atoms with E-state index in [0.717, 1.165) is 56.9 Å². The summed E-state index contributed by atoms with van der Waals surface area (Å²) < 4.78 is 52.8. The molecule has 5 aromatic carbocycles. The molecule has 6 rings (SSSR count). The highest BCUT2D eigenvalue weighted by molar-refractivity contribution is 6.05. The van der Waals surface area contributed by atoms with Crippen LogP contribution in [-0.2, 0) is 19.8 Å². The highest BCUT2D eigenvalue weighted by atomic mass is 19.4. The van der Waals surface area contributed by atoms with Crippen LogP contribution in [-0.4, -0.2) is 15.7 Å². The summed E-state index contributed by atoms with van der Waals surface area (Å²) in [5.41, 5.74) is 7.64. The van der Waals surface area contributed by atoms with Crippen molar-refractivity contribution in [2.75, 3.05) is 5.32 Å². The summed E-state index contributed by atoms with van der Waals surface area (Å²) in [5.74, 6) is 1.23. The van der Waals surface area contributed by atoms with Crippen molar-refractivity contribution in [3.63, 3.8) is 0 Å². The molecule has 0 bridgehead atoms. The van der Waals surface area contributed by atoms with Gasteiger partial charge in [-0.1, -0.05) is 48.5 Å². The van der Waals surface area contributed by atoms with Gasteiger partial charge in [0.15, 0.2) is 0 Å². The molecule has 0 saturated heterocycles. The second kappa shape index (κ2) is 13.7. The van der Waals surface area contributed by atoms with E-state index in [4.69, 9.17) is 9.47 Å². The van der Waals surface area contributed by atoms with Gasteiger partial charge < -0.3 is 14.8 Å². The number of alkyl halides is 3. The Morgan fingerprint density at radius 2 is 1.45 bits per heavy atom. The van der Waals surface area contributed by atoms with E-state index in [1.807, 2.05) is 99.2 Å². The average Bonchev–Trinajstić information content (AvgIpc) is 3.35. The minimum atomic E-state index is -4.44. The number of para-hydroxylation sites is 1. The fourth-order valence-electron chi connectivity index (χ4n) is 5.65. The summed E-state index contributed by atoms with van der Waals surface area (Å²) in [6.07, 6.45) is -4.44. The molecular formula is C40H34F3N3O3. The number of aryl methyl sites for hydroxylation is 3. The molecule has 6 nitrogen and oxygen atoms in total. The maximum Gasteiger partial charge on any atom is 0.416 e. The Morgan fingerprint density at radius 1 is 0.776 bits per heavy atom. The molecule has 0 atom stereocenters. The van der Waals surface area contributed by atoms with Crippen molar-refractivity contribution in [3.8, 4) is 39.5 Å². The van der Waals surface area contributed by atoms with Crippen LogP contribution in [0.5, 0.6) is 17.2 Å². The third-order valence-electron chi connectivity index (χ3n) is 8.32. The van der Waals surface area contributed by atoms with Gasteiger partial charge in [0.05, 0.1) is 11.3 Å². The van der Waals surface area contributed by atoms with Gasteiger partial charge >= 0.3 is 6.18 Å². The number of nitrogens with one attached hydrogen (secondary N) is 1. The standard InChI is InChI=1S/C40H34F3N3O3/c1-25-21-35(29-15-13-28(14-16-29)24-48-34-12-8-9-31(22-34)40(41,42)43)36(38-26(2)45-46(4)27(38)3)23-37(25)44-39(47)30-17-19-33(20-18-30)49-32-10-6-5-7-11-32/h5-23H,24H2,1-4H3,(H,44,47). The zero-order valence-corrected chi connectivity index (χ0v) is 27.4. The Hall–Kier alpha value is -5.83. The summed E-state index contributed by atoms with van der Waals surface area (Å²) in [5, 5.41) is 7.73. The van der Waals surface area contributed by atoms with Crippen LogP contribution in [0.25, 0.3) is 22.3 Å². The molecule has 9 heteroatoms. The van der Waals surface area contributed by atoms with Crippen molar-refractivity contribution in [2.45, 2.75) is 33.6 Å². The van der Waals surface area contributed by atoms with E-state index < -0.39 is 11.7 Å². The van der Waals surface area contributed by atoms with Crippen molar-refractivity contribution in [2.24, 2.45) is 7.05 Å². The zero-order chi connectivity index (χ0) is 34.7. The Balaban J connectivity index is 1.26. The number of amides is 1. The molecule has 1 amide bonds. The highest BCUT2D eigenvalue weighted by Gasteiger charge is 2.30. The number of benzene rings is 5. The molecule has 0 unspecified atom stereocenters. The first kappa shape index (κ1) is 33.1. The van der Waals surface area contributed by atoms with Crippen molar-refractivity contribution >= 4 is 11.6 Å². The monoisotopic (exact) mass is 661 g/mol. The number of halogens is 3. The van der Waals surface area contributed by atoms with Gasteiger partial charge in [0, 0.05) is 29.6 Å². The van der Waals surface area contributed by atoms with Gasteiger partial charge in [-0.3, -0.25) is 9.48 Å². The van der Waals surface area contributed by atoms with Gasteiger partial charge in [-0.15, -0.1) is 0 Å². The number of carbonyl (C=O) groups excluding carboxylic acids is 1. The summed E-state index contributed by atoms with van der Waals surface area (Å²) in [7, 11) is 1.90. The first-order valence-corrected chi connectivity index (χ1v) is 15.6. The number of nitrogens with zero attached hydrogens (tertiary/aromatic N) is 2. The number of aromatic nitrogens is 2. The summed E-state index contributed by atoms with van der Waals surface area (Å²) in [4.78, 5) is 13.4. The van der Waals surface area contributed by atoms with E-state index in [-0.39, 0.29) is 18.3 Å². The fraction of sp³-hybridized carbons (Fsp3) is 0.150. The molecule has 1 heterocycles. The van der Waals surface area contributed by atoms with Gasteiger partial charge in [-0.05, 0) is 115 Å². The second-order valence-corrected chi connectivity index (χ2v) is 11.8. The van der Waals surface area contributed by atoms with Crippen LogP contribution in [0.1, 0.15) is 38.4 Å². The third-order valence-corrected chi connectivity index (χ3v) is 8.32. The Morgan fingerprint density at radius 3 is 2.10 bits per heavy atom. The number of ether oxygens (including phenoxy) is 2. The van der Waals surface area contributed by atoms with Crippen LogP contribution in [0.4, 0.5) is 18.9 Å². The number of hydrogen-bond acceptors (Lipinski definition) is 4. The Labute approximate surface area is 282 Å². The van der Waals surface area contributed by atoms with Gasteiger partial charge in [0.25, 0.3) is 5.91 Å². The zero-order valence-electron chi connectivity index (χ0n) is 27.4. The summed E-state index contributed by atoms with van der Waals surface area (Å²) in [6, 6.07) is 33.0. The average molecular weight is 662 g/mol. The lowest BCUT2D eigenvalue weighted by Gasteiger charge is -2.17. The number of rotatable bonds is 9. The van der Waals surface area contributed by atoms with Crippen molar-refractivity contribution in [1.29, 1.82) is 0 Å². The van der Waals surface area contributed by atoms with E-state index in [9.17, 15) is 18.0 Å². The molecule has 0 aliphatic carbocycles. The molecule has 49 heavy (non-hydrogen) atoms. The Bertz CT molecular complexity index is 2100. The normalized spacial score (nSPS) is 11.3. The van der Waals surface area contributed by atoms with Crippen LogP contribution in [0.3, 0.4) is 0 Å². The Kier molecular flexibility index (Phi) is 9.27. The lowest BCUT2D eigenvalue weighted by molar-refractivity contribution is -0.137. The lowest BCUT2D eigenvalue weighted by Crippen LogP contribution is -2.13. The van der Waals surface area contributed by atoms with Crippen molar-refractivity contribution in [1.82, 2.24) is 9.78 Å². The van der Waals surface area contributed by atoms with E-state index in [1.54, 1.807) is 24.3 Å². The molecule has 0 aliphatic rings. The lowest BCUT2D eigenvalue weighted by atomic mass is 9.90. The van der Waals surface area contributed by atoms with Crippen molar-refractivity contribution in [3.05, 3.63) is 149 Å². The largest absolute Gasteiger partial charge is 0.489 e. The smallest absolute Gasteiger partial charge is 0.416 e. The maximum atomic E-state index is 13.4.